The van der Waals surface area contributed by atoms with Crippen LogP contribution in [0, 0.1) is 0 Å². The Morgan fingerprint density at radius 1 is 1.18 bits per heavy atom. The van der Waals surface area contributed by atoms with Gasteiger partial charge >= 0.3 is 0 Å². The first kappa shape index (κ1) is 17.1. The molecule has 0 radical (unpaired) electrons. The van der Waals surface area contributed by atoms with Crippen molar-refractivity contribution in [1.82, 2.24) is 0 Å². The van der Waals surface area contributed by atoms with Crippen LogP contribution in [0.5, 0.6) is 0 Å². The average Bonchev–Trinajstić information content (AvgIpc) is 2.17. The molecular formula is C12H18Br2NO2-. The lowest BCUT2D eigenvalue weighted by molar-refractivity contribution is -0.912. The second-order valence-electron chi connectivity index (χ2n) is 4.82. The number of hydrogen-bond donors (Lipinski definition) is 1. The van der Waals surface area contributed by atoms with Crippen LogP contribution in [0.2, 0.25) is 0 Å². The van der Waals surface area contributed by atoms with Gasteiger partial charge < -0.3 is 48.3 Å². The lowest BCUT2D eigenvalue weighted by atomic mass is 10.0. The molecule has 1 fully saturated rings. The molecule has 1 N–H and O–H groups in total. The smallest absolute Gasteiger partial charge is 0.243 e. The van der Waals surface area contributed by atoms with E-state index in [0.29, 0.717) is 13.2 Å². The molecule has 98 valence electrons. The van der Waals surface area contributed by atoms with Gasteiger partial charge in [-0.25, -0.2) is 0 Å². The summed E-state index contributed by atoms with van der Waals surface area (Å²) in [7, 11) is 4.22. The third-order valence-corrected chi connectivity index (χ3v) is 2.90. The number of ether oxygens (including phenoxy) is 1. The molecule has 1 aromatic rings. The van der Waals surface area contributed by atoms with Crippen molar-refractivity contribution in [3.8, 4) is 0 Å². The predicted octanol–water partition coefficient (Wildman–Crippen LogP) is -5.05. The molecule has 3 nitrogen and oxygen atoms in total. The highest BCUT2D eigenvalue weighted by molar-refractivity contribution is 5.20. The van der Waals surface area contributed by atoms with Crippen molar-refractivity contribution in [2.24, 2.45) is 0 Å². The molecule has 0 aliphatic carbocycles. The van der Waals surface area contributed by atoms with Crippen LogP contribution in [0.4, 0.5) is 0 Å². The Morgan fingerprint density at radius 3 is 2.29 bits per heavy atom. The topological polar surface area (TPSA) is 29.5 Å². The van der Waals surface area contributed by atoms with Crippen molar-refractivity contribution in [3.63, 3.8) is 0 Å². The van der Waals surface area contributed by atoms with E-state index >= 15 is 0 Å². The number of likely N-dealkylation sites (N-methyl/N-ethyl adjacent to an activating group) is 1. The molecular weight excluding hydrogens is 350 g/mol. The van der Waals surface area contributed by atoms with Crippen molar-refractivity contribution in [1.29, 1.82) is 0 Å². The van der Waals surface area contributed by atoms with E-state index < -0.39 is 5.79 Å². The summed E-state index contributed by atoms with van der Waals surface area (Å²) < 4.78 is 6.31. The molecule has 1 saturated heterocycles. The molecule has 1 atom stereocenters. The highest BCUT2D eigenvalue weighted by atomic mass is 79.9. The van der Waals surface area contributed by atoms with Crippen molar-refractivity contribution < 1.29 is 48.3 Å². The number of rotatable bonds is 1. The Bertz CT molecular complexity index is 346. The molecule has 5 heteroatoms. The largest absolute Gasteiger partial charge is 1.00 e. The summed E-state index contributed by atoms with van der Waals surface area (Å²) in [5, 5.41) is 10.4. The van der Waals surface area contributed by atoms with Gasteiger partial charge in [-0.2, -0.15) is 0 Å². The van der Waals surface area contributed by atoms with E-state index in [-0.39, 0.29) is 34.0 Å². The third kappa shape index (κ3) is 4.03. The zero-order valence-corrected chi connectivity index (χ0v) is 13.2. The zero-order chi connectivity index (χ0) is 10.9. The first-order chi connectivity index (χ1) is 7.02. The van der Waals surface area contributed by atoms with Crippen molar-refractivity contribution >= 4 is 0 Å². The molecule has 0 bridgehead atoms. The Hall–Kier alpha value is 0.0600. The zero-order valence-electron chi connectivity index (χ0n) is 10.1. The minimum absolute atomic E-state index is 0. The SMILES string of the molecule is C[N+]1(C)CCOC(O)(c2ccccc2)C1.[Br-].[Br-]. The van der Waals surface area contributed by atoms with Crippen molar-refractivity contribution in [2.75, 3.05) is 33.8 Å². The molecule has 1 unspecified atom stereocenters. The summed E-state index contributed by atoms with van der Waals surface area (Å²) in [6.07, 6.45) is 0. The number of quaternary nitrogens is 1. The summed E-state index contributed by atoms with van der Waals surface area (Å²) in [4.78, 5) is 0. The highest BCUT2D eigenvalue weighted by Gasteiger charge is 2.41. The van der Waals surface area contributed by atoms with Gasteiger partial charge in [-0.1, -0.05) is 30.3 Å². The maximum absolute atomic E-state index is 10.4. The molecule has 0 saturated carbocycles. The van der Waals surface area contributed by atoms with Crippen LogP contribution in [0.1, 0.15) is 5.56 Å². The van der Waals surface area contributed by atoms with Gasteiger partial charge in [0.1, 0.15) is 13.1 Å². The summed E-state index contributed by atoms with van der Waals surface area (Å²) >= 11 is 0. The predicted molar refractivity (Wildman–Crippen MR) is 58.1 cm³/mol. The summed E-state index contributed by atoms with van der Waals surface area (Å²) in [6.45, 7) is 2.13. The van der Waals surface area contributed by atoms with Crippen molar-refractivity contribution in [3.05, 3.63) is 35.9 Å². The van der Waals surface area contributed by atoms with Gasteiger partial charge in [0.15, 0.2) is 0 Å². The van der Waals surface area contributed by atoms with Gasteiger partial charge in [0.05, 0.1) is 20.7 Å². The van der Waals surface area contributed by atoms with Gasteiger partial charge in [0, 0.05) is 5.56 Å². The molecule has 2 rings (SSSR count). The van der Waals surface area contributed by atoms with E-state index in [1.54, 1.807) is 0 Å². The maximum atomic E-state index is 10.4. The number of hydrogen-bond acceptors (Lipinski definition) is 2. The van der Waals surface area contributed by atoms with Crippen LogP contribution in [-0.2, 0) is 10.5 Å². The fraction of sp³-hybridized carbons (Fsp3) is 0.500. The van der Waals surface area contributed by atoms with Gasteiger partial charge in [0.25, 0.3) is 0 Å². The first-order valence-electron chi connectivity index (χ1n) is 5.26. The number of benzene rings is 1. The molecule has 1 aromatic carbocycles. The van der Waals surface area contributed by atoms with E-state index in [4.69, 9.17) is 4.74 Å². The number of aliphatic hydroxyl groups is 1. The quantitative estimate of drug-likeness (QED) is 0.503. The average molecular weight is 368 g/mol. The van der Waals surface area contributed by atoms with Crippen LogP contribution >= 0.6 is 0 Å². The first-order valence-corrected chi connectivity index (χ1v) is 5.26. The standard InChI is InChI=1S/C12H18NO2.2BrH/c1-13(2)8-9-15-12(14,10-13)11-6-4-3-5-7-11;;/h3-7,14H,8-10H2,1-2H3;2*1H/q+1;;/p-2. The second-order valence-corrected chi connectivity index (χ2v) is 4.82. The number of morpholine rings is 1. The number of nitrogens with zero attached hydrogens (tertiary/aromatic N) is 1. The fourth-order valence-corrected chi connectivity index (χ4v) is 2.04. The van der Waals surface area contributed by atoms with Crippen LogP contribution in [0.25, 0.3) is 0 Å². The van der Waals surface area contributed by atoms with Gasteiger partial charge in [-0.3, -0.25) is 0 Å². The van der Waals surface area contributed by atoms with E-state index in [0.717, 1.165) is 16.6 Å². The van der Waals surface area contributed by atoms with E-state index in [9.17, 15) is 5.11 Å². The highest BCUT2D eigenvalue weighted by Crippen LogP contribution is 2.28. The molecule has 17 heavy (non-hydrogen) atoms. The summed E-state index contributed by atoms with van der Waals surface area (Å²) in [5.74, 6) is -1.12. The van der Waals surface area contributed by atoms with Crippen molar-refractivity contribution in [2.45, 2.75) is 5.79 Å². The molecule has 0 spiro atoms. The lowest BCUT2D eigenvalue weighted by Gasteiger charge is -2.42. The van der Waals surface area contributed by atoms with Crippen LogP contribution in [0.15, 0.2) is 30.3 Å². The minimum atomic E-state index is -1.12. The molecule has 1 aliphatic heterocycles. The summed E-state index contributed by atoms with van der Waals surface area (Å²) in [5.41, 5.74) is 0.843. The Morgan fingerprint density at radius 2 is 1.76 bits per heavy atom. The molecule has 1 aliphatic rings. The molecule has 0 amide bonds. The Kier molecular flexibility index (Phi) is 6.31. The molecule has 0 aromatic heterocycles. The van der Waals surface area contributed by atoms with Gasteiger partial charge in [0.2, 0.25) is 5.79 Å². The number of halogens is 2. The van der Waals surface area contributed by atoms with E-state index in [2.05, 4.69) is 14.1 Å². The summed E-state index contributed by atoms with van der Waals surface area (Å²) in [6, 6.07) is 9.60. The van der Waals surface area contributed by atoms with Gasteiger partial charge in [-0.05, 0) is 0 Å². The van der Waals surface area contributed by atoms with E-state index in [1.165, 1.54) is 0 Å². The normalized spacial score (nSPS) is 26.5. The van der Waals surface area contributed by atoms with Crippen LogP contribution in [0.3, 0.4) is 0 Å². The minimum Gasteiger partial charge on any atom is -1.00 e. The monoisotopic (exact) mass is 366 g/mol. The Labute approximate surface area is 124 Å². The molecule has 1 heterocycles. The van der Waals surface area contributed by atoms with E-state index in [1.807, 2.05) is 30.3 Å². The Balaban J connectivity index is 0.00000128. The van der Waals surface area contributed by atoms with Crippen LogP contribution < -0.4 is 34.0 Å². The van der Waals surface area contributed by atoms with Gasteiger partial charge in [-0.15, -0.1) is 0 Å². The lowest BCUT2D eigenvalue weighted by Crippen LogP contribution is -3.00. The second kappa shape index (κ2) is 6.29. The third-order valence-electron chi connectivity index (χ3n) is 2.90. The fourth-order valence-electron chi connectivity index (χ4n) is 2.04. The maximum Gasteiger partial charge on any atom is 0.243 e. The van der Waals surface area contributed by atoms with Crippen LogP contribution in [-0.4, -0.2) is 43.4 Å².